The molecule has 7 heteroatoms. The van der Waals surface area contributed by atoms with Crippen LogP contribution in [0, 0.1) is 0 Å². The van der Waals surface area contributed by atoms with E-state index in [4.69, 9.17) is 11.6 Å². The Kier molecular flexibility index (Phi) is 4.06. The van der Waals surface area contributed by atoms with Crippen LogP contribution in [0.5, 0.6) is 0 Å². The van der Waals surface area contributed by atoms with Crippen molar-refractivity contribution in [2.75, 3.05) is 19.0 Å². The molecule has 14 heavy (non-hydrogen) atoms. The van der Waals surface area contributed by atoms with Gasteiger partial charge in [-0.1, -0.05) is 0 Å². The summed E-state index contributed by atoms with van der Waals surface area (Å²) in [5.74, 6) is 0.194. The average Bonchev–Trinajstić information content (AvgIpc) is 2.17. The van der Waals surface area contributed by atoms with Gasteiger partial charge in [-0.15, -0.1) is 5.10 Å². The molecule has 0 amide bonds. The molecule has 0 unspecified atom stereocenters. The van der Waals surface area contributed by atoms with Crippen molar-refractivity contribution in [3.63, 3.8) is 0 Å². The van der Waals surface area contributed by atoms with Crippen molar-refractivity contribution in [3.05, 3.63) is 11.5 Å². The number of anilines is 1. The fourth-order valence-corrected chi connectivity index (χ4v) is 0.896. The van der Waals surface area contributed by atoms with E-state index < -0.39 is 0 Å². The van der Waals surface area contributed by atoms with Crippen molar-refractivity contribution < 1.29 is 9.53 Å². The fourth-order valence-electron chi connectivity index (χ4n) is 0.762. The van der Waals surface area contributed by atoms with Gasteiger partial charge in [-0.05, 0) is 11.6 Å². The third-order valence-electron chi connectivity index (χ3n) is 1.40. The first-order valence-corrected chi connectivity index (χ1v) is 4.26. The van der Waals surface area contributed by atoms with E-state index in [9.17, 15) is 4.79 Å². The Bertz CT molecular complexity index is 320. The lowest BCUT2D eigenvalue weighted by molar-refractivity contribution is -0.140. The maximum atomic E-state index is 10.7. The molecule has 0 atom stereocenters. The maximum Gasteiger partial charge on any atom is 0.307 e. The predicted octanol–water partition coefficient (Wildman–Crippen LogP) is 0.500. The van der Waals surface area contributed by atoms with Crippen molar-refractivity contribution in [3.8, 4) is 0 Å². The van der Waals surface area contributed by atoms with E-state index in [-0.39, 0.29) is 17.7 Å². The summed E-state index contributed by atoms with van der Waals surface area (Å²) in [4.78, 5) is 14.6. The molecule has 1 aromatic rings. The molecule has 76 valence electrons. The Hall–Kier alpha value is -1.43. The zero-order valence-corrected chi connectivity index (χ0v) is 8.28. The van der Waals surface area contributed by atoms with E-state index in [1.165, 1.54) is 13.3 Å². The molecule has 1 N–H and O–H groups in total. The van der Waals surface area contributed by atoms with E-state index in [1.54, 1.807) is 0 Å². The average molecular weight is 217 g/mol. The number of carbonyl (C=O) groups is 1. The van der Waals surface area contributed by atoms with Crippen LogP contribution in [0.4, 0.5) is 5.82 Å². The van der Waals surface area contributed by atoms with Gasteiger partial charge < -0.3 is 10.1 Å². The van der Waals surface area contributed by atoms with Crippen LogP contribution in [0.1, 0.15) is 6.42 Å². The molecular formula is C7H9ClN4O2. The highest BCUT2D eigenvalue weighted by atomic mass is 35.5. The number of nitrogens with zero attached hydrogens (tertiary/aromatic N) is 3. The highest BCUT2D eigenvalue weighted by Crippen LogP contribution is 2.03. The second-order valence-corrected chi connectivity index (χ2v) is 2.70. The van der Waals surface area contributed by atoms with E-state index in [2.05, 4.69) is 25.2 Å². The lowest BCUT2D eigenvalue weighted by Gasteiger charge is -2.02. The highest BCUT2D eigenvalue weighted by molar-refractivity contribution is 6.28. The van der Waals surface area contributed by atoms with E-state index >= 15 is 0 Å². The quantitative estimate of drug-likeness (QED) is 0.739. The Morgan fingerprint density at radius 1 is 1.71 bits per heavy atom. The Balaban J connectivity index is 2.35. The first-order valence-electron chi connectivity index (χ1n) is 3.88. The lowest BCUT2D eigenvalue weighted by Crippen LogP contribution is -2.10. The zero-order valence-electron chi connectivity index (χ0n) is 7.53. The monoisotopic (exact) mass is 216 g/mol. The normalized spacial score (nSPS) is 9.57. The largest absolute Gasteiger partial charge is 0.469 e. The molecule has 0 spiro atoms. The van der Waals surface area contributed by atoms with Gasteiger partial charge in [0.15, 0.2) is 0 Å². The third kappa shape index (κ3) is 3.53. The van der Waals surface area contributed by atoms with Gasteiger partial charge >= 0.3 is 5.97 Å². The molecule has 0 aliphatic heterocycles. The lowest BCUT2D eigenvalue weighted by atomic mass is 10.4. The van der Waals surface area contributed by atoms with Crippen LogP contribution in [-0.4, -0.2) is 34.8 Å². The number of esters is 1. The van der Waals surface area contributed by atoms with Crippen molar-refractivity contribution in [1.82, 2.24) is 15.2 Å². The van der Waals surface area contributed by atoms with Crippen LogP contribution in [0.2, 0.25) is 5.28 Å². The fraction of sp³-hybridized carbons (Fsp3) is 0.429. The van der Waals surface area contributed by atoms with Gasteiger partial charge in [0.2, 0.25) is 5.28 Å². The van der Waals surface area contributed by atoms with Gasteiger partial charge in [-0.3, -0.25) is 4.79 Å². The van der Waals surface area contributed by atoms with Gasteiger partial charge in [0.25, 0.3) is 0 Å². The molecule has 0 saturated carbocycles. The van der Waals surface area contributed by atoms with E-state index in [0.717, 1.165) is 0 Å². The summed E-state index contributed by atoms with van der Waals surface area (Å²) in [5.41, 5.74) is 0. The number of rotatable bonds is 4. The molecule has 0 radical (unpaired) electrons. The minimum atomic E-state index is -0.286. The standard InChI is InChI=1S/C7H9ClN4O2/c1-14-6(13)2-3-9-5-4-10-12-7(8)11-5/h4H,2-3H2,1H3,(H,9,11,12). The number of hydrogen-bond acceptors (Lipinski definition) is 6. The number of ether oxygens (including phenoxy) is 1. The molecule has 0 aromatic carbocycles. The van der Waals surface area contributed by atoms with Gasteiger partial charge in [-0.25, -0.2) is 0 Å². The van der Waals surface area contributed by atoms with Crippen LogP contribution < -0.4 is 5.32 Å². The molecule has 6 nitrogen and oxygen atoms in total. The summed E-state index contributed by atoms with van der Waals surface area (Å²) in [6, 6.07) is 0. The summed E-state index contributed by atoms with van der Waals surface area (Å²) >= 11 is 5.50. The van der Waals surface area contributed by atoms with Crippen LogP contribution in [0.25, 0.3) is 0 Å². The molecule has 0 aliphatic rings. The summed E-state index contributed by atoms with van der Waals surface area (Å²) in [5, 5.41) is 9.97. The smallest absolute Gasteiger partial charge is 0.307 e. The summed E-state index contributed by atoms with van der Waals surface area (Å²) in [6.45, 7) is 0.418. The van der Waals surface area contributed by atoms with E-state index in [1.807, 2.05) is 0 Å². The number of nitrogens with one attached hydrogen (secondary N) is 1. The molecule has 1 rings (SSSR count). The number of aromatic nitrogens is 3. The minimum absolute atomic E-state index is 0.0630. The SMILES string of the molecule is COC(=O)CCNc1cnnc(Cl)n1. The maximum absolute atomic E-state index is 10.7. The molecule has 0 saturated heterocycles. The number of hydrogen-bond donors (Lipinski definition) is 1. The second kappa shape index (κ2) is 5.33. The van der Waals surface area contributed by atoms with E-state index in [0.29, 0.717) is 12.4 Å². The van der Waals surface area contributed by atoms with Crippen LogP contribution in [-0.2, 0) is 9.53 Å². The van der Waals surface area contributed by atoms with Crippen LogP contribution >= 0.6 is 11.6 Å². The molecule has 0 bridgehead atoms. The topological polar surface area (TPSA) is 77.0 Å². The van der Waals surface area contributed by atoms with Crippen LogP contribution in [0.3, 0.4) is 0 Å². The summed E-state index contributed by atoms with van der Waals surface area (Å²) in [7, 11) is 1.34. The third-order valence-corrected chi connectivity index (χ3v) is 1.56. The number of methoxy groups -OCH3 is 1. The Morgan fingerprint density at radius 3 is 3.14 bits per heavy atom. The second-order valence-electron chi connectivity index (χ2n) is 2.36. The molecule has 0 fully saturated rings. The minimum Gasteiger partial charge on any atom is -0.469 e. The van der Waals surface area contributed by atoms with Gasteiger partial charge in [-0.2, -0.15) is 10.1 Å². The van der Waals surface area contributed by atoms with Crippen LogP contribution in [0.15, 0.2) is 6.20 Å². The zero-order chi connectivity index (χ0) is 10.4. The van der Waals surface area contributed by atoms with Crippen molar-refractivity contribution in [1.29, 1.82) is 0 Å². The summed E-state index contributed by atoms with van der Waals surface area (Å²) in [6.07, 6.45) is 1.68. The van der Waals surface area contributed by atoms with Gasteiger partial charge in [0.05, 0.1) is 19.7 Å². The van der Waals surface area contributed by atoms with Gasteiger partial charge in [0, 0.05) is 6.54 Å². The molecule has 1 heterocycles. The number of carbonyl (C=O) groups excluding carboxylic acids is 1. The highest BCUT2D eigenvalue weighted by Gasteiger charge is 2.00. The first-order chi connectivity index (χ1) is 6.72. The van der Waals surface area contributed by atoms with Gasteiger partial charge in [0.1, 0.15) is 5.82 Å². The van der Waals surface area contributed by atoms with Crippen molar-refractivity contribution in [2.45, 2.75) is 6.42 Å². The molecule has 0 aliphatic carbocycles. The first kappa shape index (κ1) is 10.6. The number of halogens is 1. The summed E-state index contributed by atoms with van der Waals surface area (Å²) < 4.78 is 4.46. The predicted molar refractivity (Wildman–Crippen MR) is 50.0 cm³/mol. The molecule has 1 aromatic heterocycles. The van der Waals surface area contributed by atoms with Crippen molar-refractivity contribution >= 4 is 23.4 Å². The Morgan fingerprint density at radius 2 is 2.50 bits per heavy atom. The Labute approximate surface area is 85.6 Å². The van der Waals surface area contributed by atoms with Crippen molar-refractivity contribution in [2.24, 2.45) is 0 Å². The molecular weight excluding hydrogens is 208 g/mol.